The molecule has 2 atom stereocenters. The molecule has 128 valence electrons. The van der Waals surface area contributed by atoms with E-state index in [2.05, 4.69) is 11.3 Å². The van der Waals surface area contributed by atoms with Gasteiger partial charge in [-0.25, -0.2) is 13.6 Å². The van der Waals surface area contributed by atoms with Gasteiger partial charge < -0.3 is 9.64 Å². The number of ether oxygens (including phenoxy) is 1. The summed E-state index contributed by atoms with van der Waals surface area (Å²) in [5, 5.41) is 0. The van der Waals surface area contributed by atoms with Crippen molar-refractivity contribution in [3.63, 3.8) is 0 Å². The van der Waals surface area contributed by atoms with Gasteiger partial charge >= 0.3 is 5.97 Å². The first-order valence-electron chi connectivity index (χ1n) is 7.61. The molecule has 0 bridgehead atoms. The van der Waals surface area contributed by atoms with E-state index >= 15 is 0 Å². The highest BCUT2D eigenvalue weighted by Crippen LogP contribution is 2.38. The summed E-state index contributed by atoms with van der Waals surface area (Å²) < 4.78 is 31.8. The normalized spacial score (nSPS) is 20.4. The molecule has 1 fully saturated rings. The second-order valence-electron chi connectivity index (χ2n) is 5.50. The number of hydrogen-bond acceptors (Lipinski definition) is 3. The molecule has 1 amide bonds. The fraction of sp³-hybridized carbons (Fsp3) is 0.333. The van der Waals surface area contributed by atoms with Crippen molar-refractivity contribution in [3.05, 3.63) is 60.2 Å². The van der Waals surface area contributed by atoms with Crippen molar-refractivity contribution in [3.8, 4) is 0 Å². The van der Waals surface area contributed by atoms with Crippen molar-refractivity contribution >= 4 is 11.9 Å². The Bertz CT molecular complexity index is 672. The Morgan fingerprint density at radius 3 is 2.75 bits per heavy atom. The minimum absolute atomic E-state index is 0.0991. The van der Waals surface area contributed by atoms with Crippen molar-refractivity contribution < 1.29 is 23.1 Å². The van der Waals surface area contributed by atoms with Gasteiger partial charge in [0.1, 0.15) is 11.6 Å². The fourth-order valence-corrected chi connectivity index (χ4v) is 2.95. The Labute approximate surface area is 139 Å². The average Bonchev–Trinajstić information content (AvgIpc) is 2.96. The first-order chi connectivity index (χ1) is 11.5. The number of amides is 1. The molecule has 0 aliphatic carbocycles. The zero-order valence-corrected chi connectivity index (χ0v) is 13.4. The minimum Gasteiger partial charge on any atom is -0.466 e. The van der Waals surface area contributed by atoms with Crippen molar-refractivity contribution in [2.45, 2.75) is 31.3 Å². The van der Waals surface area contributed by atoms with Crippen LogP contribution in [-0.4, -0.2) is 29.9 Å². The molecule has 0 saturated carbocycles. The Kier molecular flexibility index (Phi) is 5.84. The molecule has 0 radical (unpaired) electrons. The van der Waals surface area contributed by atoms with E-state index < -0.39 is 23.6 Å². The van der Waals surface area contributed by atoms with Crippen molar-refractivity contribution in [1.29, 1.82) is 0 Å². The molecule has 1 aliphatic rings. The largest absolute Gasteiger partial charge is 0.466 e. The number of rotatable bonds is 5. The lowest BCUT2D eigenvalue weighted by Gasteiger charge is -2.29. The maximum Gasteiger partial charge on any atom is 0.330 e. The van der Waals surface area contributed by atoms with Crippen molar-refractivity contribution in [2.24, 2.45) is 0 Å². The van der Waals surface area contributed by atoms with Crippen LogP contribution in [0.5, 0.6) is 0 Å². The summed E-state index contributed by atoms with van der Waals surface area (Å²) >= 11 is 0. The van der Waals surface area contributed by atoms with Gasteiger partial charge in [-0.15, -0.1) is 6.58 Å². The molecule has 1 heterocycles. The lowest BCUT2D eigenvalue weighted by Crippen LogP contribution is -2.36. The van der Waals surface area contributed by atoms with Gasteiger partial charge in [0.25, 0.3) is 0 Å². The second-order valence-corrected chi connectivity index (χ2v) is 5.50. The van der Waals surface area contributed by atoms with Gasteiger partial charge in [0.2, 0.25) is 5.91 Å². The predicted octanol–water partition coefficient (Wildman–Crippen LogP) is 3.30. The van der Waals surface area contributed by atoms with Crippen molar-refractivity contribution in [2.75, 3.05) is 7.11 Å². The molecule has 0 aromatic heterocycles. The van der Waals surface area contributed by atoms with E-state index in [1.807, 2.05) is 0 Å². The quantitative estimate of drug-likeness (QED) is 0.471. The molecule has 1 aromatic carbocycles. The topological polar surface area (TPSA) is 46.6 Å². The summed E-state index contributed by atoms with van der Waals surface area (Å²) in [6, 6.07) is 2.47. The average molecular weight is 335 g/mol. The van der Waals surface area contributed by atoms with Crippen LogP contribution in [0.3, 0.4) is 0 Å². The summed E-state index contributed by atoms with van der Waals surface area (Å²) in [5.41, 5.74) is 0.266. The van der Waals surface area contributed by atoms with Crippen LogP contribution in [0.2, 0.25) is 0 Å². The van der Waals surface area contributed by atoms with Crippen molar-refractivity contribution in [1.82, 2.24) is 4.90 Å². The smallest absolute Gasteiger partial charge is 0.330 e. The minimum atomic E-state index is -0.686. The standard InChI is InChI=1S/C18H19F2NO3/c1-3-4-17(22)21-13(7-10-18(23)24-2)6-9-16(21)14-8-5-12(19)11-15(14)20/h3,5,7-8,10-11,13,16H,1,4,6,9H2,2H3/t13-,16+/m1/s1. The number of carbonyl (C=O) groups excluding carboxylic acids is 2. The molecular weight excluding hydrogens is 316 g/mol. The zero-order chi connectivity index (χ0) is 17.7. The SMILES string of the molecule is C=CCC(=O)N1[C@@H](C=CC(=O)OC)CC[C@H]1c1ccc(F)cc1F. The van der Waals surface area contributed by atoms with Crippen LogP contribution in [-0.2, 0) is 14.3 Å². The molecule has 0 unspecified atom stereocenters. The molecular formula is C18H19F2NO3. The molecule has 6 heteroatoms. The van der Waals surface area contributed by atoms with E-state index in [0.717, 1.165) is 6.07 Å². The third-order valence-electron chi connectivity index (χ3n) is 4.01. The van der Waals surface area contributed by atoms with Gasteiger partial charge in [-0.1, -0.05) is 18.2 Å². The Morgan fingerprint density at radius 2 is 2.12 bits per heavy atom. The monoisotopic (exact) mass is 335 g/mol. The summed E-state index contributed by atoms with van der Waals surface area (Å²) in [4.78, 5) is 25.2. The summed E-state index contributed by atoms with van der Waals surface area (Å²) in [6.45, 7) is 3.55. The molecule has 1 aliphatic heterocycles. The van der Waals surface area contributed by atoms with Gasteiger partial charge in [-0.05, 0) is 18.9 Å². The number of carbonyl (C=O) groups is 2. The van der Waals surface area contributed by atoms with Gasteiger partial charge in [0, 0.05) is 24.1 Å². The summed E-state index contributed by atoms with van der Waals surface area (Å²) in [7, 11) is 1.26. The third kappa shape index (κ3) is 3.88. The van der Waals surface area contributed by atoms with Crippen LogP contribution in [0, 0.1) is 11.6 Å². The fourth-order valence-electron chi connectivity index (χ4n) is 2.95. The molecule has 2 rings (SSSR count). The summed E-state index contributed by atoms with van der Waals surface area (Å²) in [6.07, 6.45) is 5.48. The number of halogens is 2. The third-order valence-corrected chi connectivity index (χ3v) is 4.01. The Hall–Kier alpha value is -2.50. The van der Waals surface area contributed by atoms with Gasteiger partial charge in [0.15, 0.2) is 0 Å². The molecule has 0 spiro atoms. The van der Waals surface area contributed by atoms with Crippen LogP contribution in [0.15, 0.2) is 43.0 Å². The van der Waals surface area contributed by atoms with Crippen LogP contribution in [0.4, 0.5) is 8.78 Å². The number of esters is 1. The van der Waals surface area contributed by atoms with E-state index in [1.165, 1.54) is 36.3 Å². The molecule has 1 aromatic rings. The summed E-state index contributed by atoms with van der Waals surface area (Å²) in [5.74, 6) is -2.10. The highest BCUT2D eigenvalue weighted by Gasteiger charge is 2.37. The van der Waals surface area contributed by atoms with E-state index in [1.54, 1.807) is 6.08 Å². The van der Waals surface area contributed by atoms with Gasteiger partial charge in [-0.2, -0.15) is 0 Å². The van der Waals surface area contributed by atoms with E-state index in [4.69, 9.17) is 0 Å². The van der Waals surface area contributed by atoms with E-state index in [9.17, 15) is 18.4 Å². The molecule has 24 heavy (non-hydrogen) atoms. The zero-order valence-electron chi connectivity index (χ0n) is 13.4. The van der Waals surface area contributed by atoms with Gasteiger partial charge in [-0.3, -0.25) is 4.79 Å². The predicted molar refractivity (Wildman–Crippen MR) is 84.9 cm³/mol. The lowest BCUT2D eigenvalue weighted by molar-refractivity contribution is -0.135. The molecule has 0 N–H and O–H groups in total. The van der Waals surface area contributed by atoms with Crippen LogP contribution >= 0.6 is 0 Å². The van der Waals surface area contributed by atoms with Crippen LogP contribution < -0.4 is 0 Å². The first-order valence-corrected chi connectivity index (χ1v) is 7.61. The number of hydrogen-bond donors (Lipinski definition) is 0. The second kappa shape index (κ2) is 7.86. The maximum atomic E-state index is 14.1. The highest BCUT2D eigenvalue weighted by atomic mass is 19.1. The number of methoxy groups -OCH3 is 1. The van der Waals surface area contributed by atoms with E-state index in [0.29, 0.717) is 12.8 Å². The number of likely N-dealkylation sites (tertiary alicyclic amines) is 1. The van der Waals surface area contributed by atoms with Crippen LogP contribution in [0.25, 0.3) is 0 Å². The molecule has 4 nitrogen and oxygen atoms in total. The first kappa shape index (κ1) is 17.8. The Balaban J connectivity index is 2.33. The highest BCUT2D eigenvalue weighted by molar-refractivity contribution is 5.82. The Morgan fingerprint density at radius 1 is 1.38 bits per heavy atom. The van der Waals surface area contributed by atoms with Gasteiger partial charge in [0.05, 0.1) is 19.2 Å². The maximum absolute atomic E-state index is 14.1. The van der Waals surface area contributed by atoms with Crippen LogP contribution in [0.1, 0.15) is 30.9 Å². The lowest BCUT2D eigenvalue weighted by atomic mass is 10.0. The van der Waals surface area contributed by atoms with E-state index in [-0.39, 0.29) is 23.9 Å². The molecule has 1 saturated heterocycles. The number of benzene rings is 1. The number of nitrogens with zero attached hydrogens (tertiary/aromatic N) is 1.